The Hall–Kier alpha value is -0.780. The molecule has 1 aromatic rings. The normalized spacial score (nSPS) is 29.7. The van der Waals surface area contributed by atoms with Crippen molar-refractivity contribution in [3.8, 4) is 5.75 Å². The lowest BCUT2D eigenvalue weighted by Crippen LogP contribution is -2.47. The van der Waals surface area contributed by atoms with Crippen LogP contribution in [-0.4, -0.2) is 36.9 Å². The molecule has 1 aromatic carbocycles. The predicted octanol–water partition coefficient (Wildman–Crippen LogP) is 3.54. The van der Waals surface area contributed by atoms with Crippen LogP contribution in [0.4, 0.5) is 4.39 Å². The summed E-state index contributed by atoms with van der Waals surface area (Å²) in [6.45, 7) is 2.91. The van der Waals surface area contributed by atoms with Crippen LogP contribution in [0, 0.1) is 5.82 Å². The minimum Gasteiger partial charge on any atom is -0.494 e. The van der Waals surface area contributed by atoms with Gasteiger partial charge in [-0.25, -0.2) is 4.39 Å². The van der Waals surface area contributed by atoms with Gasteiger partial charge in [0.05, 0.1) is 12.7 Å². The molecule has 122 valence electrons. The summed E-state index contributed by atoms with van der Waals surface area (Å²) >= 11 is 1.99. The molecule has 1 spiro atoms. The Morgan fingerprint density at radius 2 is 2.36 bits per heavy atom. The van der Waals surface area contributed by atoms with Crippen LogP contribution in [0.25, 0.3) is 0 Å². The number of benzene rings is 1. The van der Waals surface area contributed by atoms with Gasteiger partial charge in [-0.1, -0.05) is 6.07 Å². The largest absolute Gasteiger partial charge is 0.494 e. The zero-order valence-electron chi connectivity index (χ0n) is 13.2. The molecule has 0 unspecified atom stereocenters. The molecule has 0 radical (unpaired) electrons. The van der Waals surface area contributed by atoms with Gasteiger partial charge in [0, 0.05) is 24.4 Å². The lowest BCUT2D eigenvalue weighted by molar-refractivity contribution is -0.0711. The molecule has 2 aliphatic heterocycles. The van der Waals surface area contributed by atoms with E-state index >= 15 is 0 Å². The summed E-state index contributed by atoms with van der Waals surface area (Å²) in [5, 5.41) is 3.65. The van der Waals surface area contributed by atoms with Gasteiger partial charge in [-0.3, -0.25) is 0 Å². The molecule has 5 heteroatoms. The zero-order chi connectivity index (χ0) is 15.6. The highest BCUT2D eigenvalue weighted by molar-refractivity contribution is 7.99. The summed E-state index contributed by atoms with van der Waals surface area (Å²) in [5.74, 6) is 2.30. The third-order valence-corrected chi connectivity index (χ3v) is 5.94. The first-order valence-corrected chi connectivity index (χ1v) is 9.08. The highest BCUT2D eigenvalue weighted by atomic mass is 32.2. The second kappa shape index (κ2) is 6.77. The number of hydrogen-bond acceptors (Lipinski definition) is 4. The van der Waals surface area contributed by atoms with E-state index < -0.39 is 0 Å². The minimum absolute atomic E-state index is 0.0749. The number of halogens is 1. The second-order valence-corrected chi connectivity index (χ2v) is 7.41. The van der Waals surface area contributed by atoms with Crippen molar-refractivity contribution in [3.05, 3.63) is 29.6 Å². The Morgan fingerprint density at radius 3 is 3.05 bits per heavy atom. The first-order chi connectivity index (χ1) is 10.6. The molecule has 2 saturated heterocycles. The molecule has 3 atom stereocenters. The quantitative estimate of drug-likeness (QED) is 0.917. The standard InChI is InChI=1S/C17H24FNO2S/c1-12(13-3-4-16(20-2)15(18)9-13)19-14-5-7-21-17(10-14)6-8-22-11-17/h3-4,9,12,14,19H,5-8,10-11H2,1-2H3/t12-,14-,17+/m0/s1. The second-order valence-electron chi connectivity index (χ2n) is 6.31. The average molecular weight is 325 g/mol. The summed E-state index contributed by atoms with van der Waals surface area (Å²) in [5.41, 5.74) is 1.03. The number of thioether (sulfide) groups is 1. The third-order valence-electron chi connectivity index (χ3n) is 4.72. The van der Waals surface area contributed by atoms with E-state index in [1.165, 1.54) is 12.9 Å². The van der Waals surface area contributed by atoms with E-state index in [9.17, 15) is 4.39 Å². The molecule has 0 aliphatic carbocycles. The Kier molecular flexibility index (Phi) is 4.95. The summed E-state index contributed by atoms with van der Waals surface area (Å²) in [7, 11) is 1.49. The SMILES string of the molecule is COc1ccc([C@H](C)N[C@H]2CCO[C@]3(CCSC3)C2)cc1F. The topological polar surface area (TPSA) is 30.5 Å². The smallest absolute Gasteiger partial charge is 0.165 e. The van der Waals surface area contributed by atoms with E-state index in [0.717, 1.165) is 37.2 Å². The van der Waals surface area contributed by atoms with E-state index in [0.29, 0.717) is 11.8 Å². The summed E-state index contributed by atoms with van der Waals surface area (Å²) < 4.78 is 24.9. The average Bonchev–Trinajstić information content (AvgIpc) is 2.95. The molecule has 0 aromatic heterocycles. The van der Waals surface area contributed by atoms with Gasteiger partial charge in [0.15, 0.2) is 11.6 Å². The number of hydrogen-bond donors (Lipinski definition) is 1. The molecule has 2 aliphatic rings. The zero-order valence-corrected chi connectivity index (χ0v) is 14.0. The summed E-state index contributed by atoms with van der Waals surface area (Å²) in [4.78, 5) is 0. The molecule has 3 rings (SSSR count). The van der Waals surface area contributed by atoms with Crippen molar-refractivity contribution >= 4 is 11.8 Å². The molecule has 3 nitrogen and oxygen atoms in total. The lowest BCUT2D eigenvalue weighted by Gasteiger charge is -2.39. The Balaban J connectivity index is 1.63. The molecule has 2 fully saturated rings. The van der Waals surface area contributed by atoms with Crippen LogP contribution < -0.4 is 10.1 Å². The lowest BCUT2D eigenvalue weighted by atomic mass is 9.89. The highest BCUT2D eigenvalue weighted by Crippen LogP contribution is 2.38. The third kappa shape index (κ3) is 3.42. The van der Waals surface area contributed by atoms with Crippen molar-refractivity contribution in [2.24, 2.45) is 0 Å². The van der Waals surface area contributed by atoms with Crippen LogP contribution in [0.1, 0.15) is 37.8 Å². The monoisotopic (exact) mass is 325 g/mol. The maximum absolute atomic E-state index is 13.9. The van der Waals surface area contributed by atoms with E-state index in [4.69, 9.17) is 9.47 Å². The fourth-order valence-corrected chi connectivity index (χ4v) is 4.81. The minimum atomic E-state index is -0.302. The molecule has 0 amide bonds. The predicted molar refractivity (Wildman–Crippen MR) is 88.1 cm³/mol. The van der Waals surface area contributed by atoms with Gasteiger partial charge < -0.3 is 14.8 Å². The molecule has 0 bridgehead atoms. The van der Waals surface area contributed by atoms with Crippen LogP contribution in [0.3, 0.4) is 0 Å². The maximum atomic E-state index is 13.9. The fraction of sp³-hybridized carbons (Fsp3) is 0.647. The van der Waals surface area contributed by atoms with Gasteiger partial charge in [-0.2, -0.15) is 11.8 Å². The molecule has 1 N–H and O–H groups in total. The number of methoxy groups -OCH3 is 1. The molecule has 22 heavy (non-hydrogen) atoms. The molecular formula is C17H24FNO2S. The van der Waals surface area contributed by atoms with E-state index in [-0.39, 0.29) is 17.5 Å². The first-order valence-electron chi connectivity index (χ1n) is 7.93. The van der Waals surface area contributed by atoms with Crippen LogP contribution in [0.5, 0.6) is 5.75 Å². The number of rotatable bonds is 4. The van der Waals surface area contributed by atoms with Gasteiger partial charge in [-0.05, 0) is 49.6 Å². The van der Waals surface area contributed by atoms with Crippen molar-refractivity contribution < 1.29 is 13.9 Å². The highest BCUT2D eigenvalue weighted by Gasteiger charge is 2.40. The molecule has 2 heterocycles. The van der Waals surface area contributed by atoms with E-state index in [1.807, 2.05) is 17.8 Å². The Bertz CT molecular complexity index is 519. The van der Waals surface area contributed by atoms with Crippen LogP contribution >= 0.6 is 11.8 Å². The van der Waals surface area contributed by atoms with Crippen molar-refractivity contribution in [2.75, 3.05) is 25.2 Å². The molecular weight excluding hydrogens is 301 g/mol. The van der Waals surface area contributed by atoms with Gasteiger partial charge in [0.1, 0.15) is 0 Å². The maximum Gasteiger partial charge on any atom is 0.165 e. The van der Waals surface area contributed by atoms with Crippen LogP contribution in [0.2, 0.25) is 0 Å². The van der Waals surface area contributed by atoms with Gasteiger partial charge in [-0.15, -0.1) is 0 Å². The number of nitrogens with one attached hydrogen (secondary N) is 1. The molecule has 0 saturated carbocycles. The summed E-state index contributed by atoms with van der Waals surface area (Å²) in [6.07, 6.45) is 3.24. The van der Waals surface area contributed by atoms with Gasteiger partial charge in [0.25, 0.3) is 0 Å². The van der Waals surface area contributed by atoms with Crippen molar-refractivity contribution in [3.63, 3.8) is 0 Å². The number of ether oxygens (including phenoxy) is 2. The van der Waals surface area contributed by atoms with E-state index in [2.05, 4.69) is 12.2 Å². The van der Waals surface area contributed by atoms with Crippen LogP contribution in [-0.2, 0) is 4.74 Å². The summed E-state index contributed by atoms with van der Waals surface area (Å²) in [6, 6.07) is 5.75. The Labute approximate surface area is 135 Å². The van der Waals surface area contributed by atoms with Gasteiger partial charge >= 0.3 is 0 Å². The fourth-order valence-electron chi connectivity index (χ4n) is 3.44. The van der Waals surface area contributed by atoms with Crippen molar-refractivity contribution in [1.29, 1.82) is 0 Å². The van der Waals surface area contributed by atoms with Crippen LogP contribution in [0.15, 0.2) is 18.2 Å². The van der Waals surface area contributed by atoms with E-state index in [1.54, 1.807) is 12.1 Å². The Morgan fingerprint density at radius 1 is 1.50 bits per heavy atom. The van der Waals surface area contributed by atoms with Crippen molar-refractivity contribution in [1.82, 2.24) is 5.32 Å². The first kappa shape index (κ1) is 16.1. The van der Waals surface area contributed by atoms with Gasteiger partial charge in [0.2, 0.25) is 0 Å². The van der Waals surface area contributed by atoms with Crippen molar-refractivity contribution in [2.45, 2.75) is 43.9 Å².